The predicted molar refractivity (Wildman–Crippen MR) is 70.7 cm³/mol. The minimum atomic E-state index is 0.559. The second kappa shape index (κ2) is 3.28. The minimum Gasteiger partial charge on any atom is -0.225 e. The van der Waals surface area contributed by atoms with Gasteiger partial charge in [0, 0.05) is 16.9 Å². The maximum Gasteiger partial charge on any atom is 0.141 e. The van der Waals surface area contributed by atoms with Crippen molar-refractivity contribution in [3.63, 3.8) is 0 Å². The fourth-order valence-electron chi connectivity index (χ4n) is 2.44. The van der Waals surface area contributed by atoms with Gasteiger partial charge < -0.3 is 0 Å². The number of hydrogen-bond donors (Lipinski definition) is 0. The molecule has 82 valence electrons. The van der Waals surface area contributed by atoms with E-state index < -0.39 is 0 Å². The van der Waals surface area contributed by atoms with Crippen LogP contribution in [0.1, 0.15) is 10.4 Å². The Morgan fingerprint density at radius 1 is 1.18 bits per heavy atom. The second-order valence-electron chi connectivity index (χ2n) is 4.08. The van der Waals surface area contributed by atoms with Crippen LogP contribution in [-0.2, 0) is 6.42 Å². The van der Waals surface area contributed by atoms with Crippen molar-refractivity contribution < 1.29 is 0 Å². The van der Waals surface area contributed by atoms with Gasteiger partial charge in [0.15, 0.2) is 0 Å². The molecule has 17 heavy (non-hydrogen) atoms. The molecule has 4 rings (SSSR count). The van der Waals surface area contributed by atoms with Crippen LogP contribution in [0.3, 0.4) is 0 Å². The van der Waals surface area contributed by atoms with Crippen LogP contribution in [-0.4, -0.2) is 9.97 Å². The fraction of sp³-hybridized carbons (Fsp3) is 0.0769. The number of rotatable bonds is 0. The summed E-state index contributed by atoms with van der Waals surface area (Å²) in [5, 5.41) is 1.57. The fourth-order valence-corrected chi connectivity index (χ4v) is 3.90. The van der Waals surface area contributed by atoms with Crippen molar-refractivity contribution >= 4 is 33.2 Å². The third-order valence-corrected chi connectivity index (χ3v) is 4.54. The average Bonchev–Trinajstić information content (AvgIpc) is 2.84. The van der Waals surface area contributed by atoms with E-state index in [9.17, 15) is 0 Å². The highest BCUT2D eigenvalue weighted by Crippen LogP contribution is 2.47. The molecule has 2 aromatic heterocycles. The molecule has 1 aliphatic rings. The van der Waals surface area contributed by atoms with Crippen LogP contribution < -0.4 is 0 Å². The van der Waals surface area contributed by atoms with Crippen LogP contribution in [0, 0.1) is 0 Å². The van der Waals surface area contributed by atoms with Gasteiger partial charge in [-0.1, -0.05) is 35.9 Å². The van der Waals surface area contributed by atoms with Gasteiger partial charge in [-0.25, -0.2) is 9.97 Å². The maximum atomic E-state index is 6.20. The van der Waals surface area contributed by atoms with Gasteiger partial charge in [-0.05, 0) is 11.1 Å². The molecule has 0 fully saturated rings. The number of aromatic nitrogens is 2. The van der Waals surface area contributed by atoms with Crippen molar-refractivity contribution in [1.82, 2.24) is 9.97 Å². The normalized spacial score (nSPS) is 12.8. The summed E-state index contributed by atoms with van der Waals surface area (Å²) in [4.78, 5) is 10.7. The lowest BCUT2D eigenvalue weighted by Crippen LogP contribution is -1.82. The molecule has 1 aliphatic carbocycles. The molecule has 0 unspecified atom stereocenters. The third kappa shape index (κ3) is 1.21. The van der Waals surface area contributed by atoms with Crippen LogP contribution >= 0.6 is 22.9 Å². The molecule has 0 saturated carbocycles. The topological polar surface area (TPSA) is 25.8 Å². The van der Waals surface area contributed by atoms with Gasteiger partial charge in [0.1, 0.15) is 16.3 Å². The van der Waals surface area contributed by atoms with Crippen LogP contribution in [0.5, 0.6) is 0 Å². The summed E-state index contributed by atoms with van der Waals surface area (Å²) in [5.41, 5.74) is 3.90. The Balaban J connectivity index is 2.18. The summed E-state index contributed by atoms with van der Waals surface area (Å²) in [5.74, 6) is 0. The molecule has 3 aromatic rings. The van der Waals surface area contributed by atoms with Crippen molar-refractivity contribution in [3.8, 4) is 11.1 Å². The molecule has 0 atom stereocenters. The first-order chi connectivity index (χ1) is 8.34. The molecule has 0 aliphatic heterocycles. The molecule has 0 saturated heterocycles. The van der Waals surface area contributed by atoms with E-state index in [0.29, 0.717) is 5.15 Å². The van der Waals surface area contributed by atoms with Crippen molar-refractivity contribution in [2.45, 2.75) is 6.42 Å². The summed E-state index contributed by atoms with van der Waals surface area (Å²) in [6.45, 7) is 0. The first-order valence-corrected chi connectivity index (χ1v) is 6.54. The summed E-state index contributed by atoms with van der Waals surface area (Å²) in [6, 6.07) is 8.47. The Kier molecular flexibility index (Phi) is 1.84. The first-order valence-electron chi connectivity index (χ1n) is 5.35. The van der Waals surface area contributed by atoms with Crippen LogP contribution in [0.15, 0.2) is 30.6 Å². The monoisotopic (exact) mass is 258 g/mol. The quantitative estimate of drug-likeness (QED) is 0.447. The third-order valence-electron chi connectivity index (χ3n) is 3.15. The van der Waals surface area contributed by atoms with Crippen molar-refractivity contribution in [2.24, 2.45) is 0 Å². The molecule has 4 heteroatoms. The molecule has 0 radical (unpaired) electrons. The molecule has 0 bridgehead atoms. The van der Waals surface area contributed by atoms with Gasteiger partial charge in [-0.2, -0.15) is 0 Å². The Morgan fingerprint density at radius 3 is 3.00 bits per heavy atom. The summed E-state index contributed by atoms with van der Waals surface area (Å²) >= 11 is 7.93. The number of hydrogen-bond acceptors (Lipinski definition) is 3. The van der Waals surface area contributed by atoms with E-state index in [-0.39, 0.29) is 0 Å². The van der Waals surface area contributed by atoms with E-state index in [4.69, 9.17) is 11.6 Å². The molecule has 0 spiro atoms. The van der Waals surface area contributed by atoms with Crippen molar-refractivity contribution in [3.05, 3.63) is 46.2 Å². The molecule has 2 nitrogen and oxygen atoms in total. The second-order valence-corrected chi connectivity index (χ2v) is 5.52. The number of thiophene rings is 1. The zero-order valence-electron chi connectivity index (χ0n) is 8.77. The van der Waals surface area contributed by atoms with Crippen LogP contribution in [0.25, 0.3) is 21.3 Å². The Bertz CT molecular complexity index is 748. The lowest BCUT2D eigenvalue weighted by atomic mass is 10.1. The SMILES string of the molecule is Clc1ncnc2sc3c(c12)-c1ccccc1C3. The van der Waals surface area contributed by atoms with E-state index in [1.807, 2.05) is 0 Å². The lowest BCUT2D eigenvalue weighted by molar-refractivity contribution is 1.23. The van der Waals surface area contributed by atoms with E-state index in [1.165, 1.54) is 27.9 Å². The number of benzene rings is 1. The standard InChI is InChI=1S/C13H7ClN2S/c14-12-11-10-8-4-2-1-3-7(8)5-9(10)17-13(11)16-6-15-12/h1-4,6H,5H2. The van der Waals surface area contributed by atoms with Gasteiger partial charge in [-0.15, -0.1) is 11.3 Å². The summed E-state index contributed by atoms with van der Waals surface area (Å²) < 4.78 is 0. The highest BCUT2D eigenvalue weighted by atomic mass is 35.5. The highest BCUT2D eigenvalue weighted by Gasteiger charge is 2.25. The van der Waals surface area contributed by atoms with Gasteiger partial charge in [0.2, 0.25) is 0 Å². The van der Waals surface area contributed by atoms with Gasteiger partial charge >= 0.3 is 0 Å². The molecular weight excluding hydrogens is 252 g/mol. The molecule has 1 aromatic carbocycles. The Hall–Kier alpha value is -1.45. The van der Waals surface area contributed by atoms with E-state index in [0.717, 1.165) is 16.6 Å². The zero-order valence-corrected chi connectivity index (χ0v) is 10.3. The molecular formula is C13H7ClN2S. The lowest BCUT2D eigenvalue weighted by Gasteiger charge is -2.00. The van der Waals surface area contributed by atoms with Gasteiger partial charge in [0.25, 0.3) is 0 Å². The number of nitrogens with zero attached hydrogens (tertiary/aromatic N) is 2. The van der Waals surface area contributed by atoms with Crippen LogP contribution in [0.4, 0.5) is 0 Å². The largest absolute Gasteiger partial charge is 0.225 e. The minimum absolute atomic E-state index is 0.559. The van der Waals surface area contributed by atoms with E-state index >= 15 is 0 Å². The van der Waals surface area contributed by atoms with Crippen LogP contribution in [0.2, 0.25) is 5.15 Å². The Morgan fingerprint density at radius 2 is 2.06 bits per heavy atom. The summed E-state index contributed by atoms with van der Waals surface area (Å²) in [7, 11) is 0. The number of fused-ring (bicyclic) bond motifs is 5. The highest BCUT2D eigenvalue weighted by molar-refractivity contribution is 7.19. The predicted octanol–water partition coefficient (Wildman–Crippen LogP) is 3.92. The zero-order chi connectivity index (χ0) is 11.4. The molecule has 0 N–H and O–H groups in total. The smallest absolute Gasteiger partial charge is 0.141 e. The number of halogens is 1. The average molecular weight is 259 g/mol. The summed E-state index contributed by atoms with van der Waals surface area (Å²) in [6.07, 6.45) is 2.52. The molecule has 2 heterocycles. The van der Waals surface area contributed by atoms with E-state index in [1.54, 1.807) is 11.3 Å². The van der Waals surface area contributed by atoms with Crippen molar-refractivity contribution in [1.29, 1.82) is 0 Å². The molecule has 0 amide bonds. The van der Waals surface area contributed by atoms with E-state index in [2.05, 4.69) is 34.2 Å². The van der Waals surface area contributed by atoms with Gasteiger partial charge in [-0.3, -0.25) is 0 Å². The van der Waals surface area contributed by atoms with Crippen molar-refractivity contribution in [2.75, 3.05) is 0 Å². The maximum absolute atomic E-state index is 6.20. The Labute approximate surface area is 107 Å². The first kappa shape index (κ1) is 9.57. The van der Waals surface area contributed by atoms with Gasteiger partial charge in [0.05, 0.1) is 5.39 Å².